The largest absolute Gasteiger partial charge is 0.493 e. The lowest BCUT2D eigenvalue weighted by atomic mass is 9.76. The molecule has 2 aliphatic heterocycles. The molecule has 45 heavy (non-hydrogen) atoms. The number of rotatable bonds is 6. The lowest BCUT2D eigenvalue weighted by Crippen LogP contribution is -2.52. The molecular formula is C37H51NO7. The van der Waals surface area contributed by atoms with E-state index in [0.29, 0.717) is 68.8 Å². The van der Waals surface area contributed by atoms with E-state index in [1.54, 1.807) is 14.2 Å². The second-order valence-corrected chi connectivity index (χ2v) is 12.7. The highest BCUT2D eigenvalue weighted by atomic mass is 16.5. The molecule has 2 fully saturated rings. The Bertz CT molecular complexity index is 1240. The lowest BCUT2D eigenvalue weighted by Gasteiger charge is -2.39. The van der Waals surface area contributed by atoms with Crippen LogP contribution in [0.15, 0.2) is 42.5 Å². The van der Waals surface area contributed by atoms with Crippen LogP contribution in [0.1, 0.15) is 94.3 Å². The number of hydrogen-bond acceptors (Lipinski definition) is 7. The van der Waals surface area contributed by atoms with Crippen molar-refractivity contribution in [1.29, 1.82) is 0 Å². The van der Waals surface area contributed by atoms with Gasteiger partial charge < -0.3 is 28.6 Å². The van der Waals surface area contributed by atoms with Crippen LogP contribution in [0.3, 0.4) is 0 Å². The smallest absolute Gasteiger partial charge is 0.329 e. The van der Waals surface area contributed by atoms with Crippen molar-refractivity contribution in [1.82, 2.24) is 4.90 Å². The molecule has 1 saturated heterocycles. The number of piperidine rings is 1. The van der Waals surface area contributed by atoms with Gasteiger partial charge in [0.1, 0.15) is 24.5 Å². The average molecular weight is 622 g/mol. The van der Waals surface area contributed by atoms with Crippen LogP contribution in [0.5, 0.6) is 17.2 Å². The number of carbonyl (C=O) groups excluding carboxylic acids is 2. The highest BCUT2D eigenvalue weighted by molar-refractivity contribution is 5.86. The molecule has 3 aliphatic rings. The Balaban J connectivity index is 1.40. The van der Waals surface area contributed by atoms with Gasteiger partial charge in [-0.15, -0.1) is 0 Å². The first kappa shape index (κ1) is 33.1. The molecular weight excluding hydrogens is 570 g/mol. The molecule has 8 heteroatoms. The van der Waals surface area contributed by atoms with Gasteiger partial charge in [0.2, 0.25) is 5.91 Å². The molecule has 1 amide bonds. The Labute approximate surface area is 268 Å². The molecule has 5 rings (SSSR count). The highest BCUT2D eigenvalue weighted by Crippen LogP contribution is 2.36. The van der Waals surface area contributed by atoms with Crippen molar-refractivity contribution in [2.24, 2.45) is 11.8 Å². The summed E-state index contributed by atoms with van der Waals surface area (Å²) in [6.07, 6.45) is 11.7. The molecule has 3 atom stereocenters. The van der Waals surface area contributed by atoms with Crippen molar-refractivity contribution in [3.63, 3.8) is 0 Å². The summed E-state index contributed by atoms with van der Waals surface area (Å²) in [5, 5.41) is 0. The van der Waals surface area contributed by atoms with Gasteiger partial charge in [0, 0.05) is 19.1 Å². The Hall–Kier alpha value is -3.26. The predicted octanol–water partition coefficient (Wildman–Crippen LogP) is 7.08. The molecule has 1 saturated carbocycles. The fourth-order valence-electron chi connectivity index (χ4n) is 7.29. The first-order valence-electron chi connectivity index (χ1n) is 17.1. The van der Waals surface area contributed by atoms with Crippen LogP contribution in [0.4, 0.5) is 0 Å². The van der Waals surface area contributed by atoms with Gasteiger partial charge in [-0.2, -0.15) is 0 Å². The minimum Gasteiger partial charge on any atom is -0.493 e. The first-order chi connectivity index (χ1) is 22.1. The molecule has 0 spiro atoms. The van der Waals surface area contributed by atoms with Gasteiger partial charge in [-0.05, 0) is 99.1 Å². The first-order valence-corrected chi connectivity index (χ1v) is 17.1. The van der Waals surface area contributed by atoms with E-state index < -0.39 is 12.1 Å². The maximum Gasteiger partial charge on any atom is 0.329 e. The predicted molar refractivity (Wildman–Crippen MR) is 173 cm³/mol. The SMILES string of the molecule is COc1ccc(CC[C@H]2OC(=O)[C@@H]3CCCCN3C(=O)[C@@H](C3CCCCC3)CCCCOCCOc3cccc2c3)cc1OC. The second kappa shape index (κ2) is 16.9. The molecule has 0 aromatic heterocycles. The quantitative estimate of drug-likeness (QED) is 0.319. The van der Waals surface area contributed by atoms with Crippen molar-refractivity contribution in [2.45, 2.75) is 95.6 Å². The van der Waals surface area contributed by atoms with Gasteiger partial charge in [-0.25, -0.2) is 4.79 Å². The van der Waals surface area contributed by atoms with Gasteiger partial charge in [-0.3, -0.25) is 4.79 Å². The Morgan fingerprint density at radius 3 is 2.42 bits per heavy atom. The third kappa shape index (κ3) is 8.93. The fourth-order valence-corrected chi connectivity index (χ4v) is 7.29. The molecule has 2 aromatic rings. The van der Waals surface area contributed by atoms with Crippen molar-refractivity contribution < 1.29 is 33.3 Å². The lowest BCUT2D eigenvalue weighted by molar-refractivity contribution is -0.164. The zero-order valence-electron chi connectivity index (χ0n) is 27.2. The van der Waals surface area contributed by atoms with E-state index in [9.17, 15) is 9.59 Å². The van der Waals surface area contributed by atoms with E-state index in [-0.39, 0.29) is 17.8 Å². The number of carbonyl (C=O) groups is 2. The van der Waals surface area contributed by atoms with E-state index in [4.69, 9.17) is 23.7 Å². The standard InChI is InChI=1S/C37H51NO7/c1-41-34-20-18-27(25-35(34)42-2)17-19-33-29-13-10-14-30(26-29)44-24-23-43-22-9-7-15-31(28-11-4-3-5-12-28)36(39)38-21-8-6-16-32(38)37(40)45-33/h10,13-14,18,20,25-26,28,31-33H,3-9,11-12,15-17,19,21-24H2,1-2H3/t31-,32+,33-/m1/s1. The van der Waals surface area contributed by atoms with E-state index in [1.807, 2.05) is 47.4 Å². The van der Waals surface area contributed by atoms with Gasteiger partial charge >= 0.3 is 5.97 Å². The number of benzene rings is 2. The molecule has 246 valence electrons. The Morgan fingerprint density at radius 1 is 0.800 bits per heavy atom. The average Bonchev–Trinajstić information content (AvgIpc) is 3.09. The zero-order valence-corrected chi connectivity index (χ0v) is 27.2. The number of nitrogens with zero attached hydrogens (tertiary/aromatic N) is 1. The summed E-state index contributed by atoms with van der Waals surface area (Å²) in [4.78, 5) is 30.3. The van der Waals surface area contributed by atoms with E-state index in [1.165, 1.54) is 19.3 Å². The molecule has 2 aromatic carbocycles. The number of methoxy groups -OCH3 is 2. The summed E-state index contributed by atoms with van der Waals surface area (Å²) in [5.74, 6) is 2.25. The van der Waals surface area contributed by atoms with Crippen LogP contribution in [0, 0.1) is 11.8 Å². The maximum atomic E-state index is 14.3. The second-order valence-electron chi connectivity index (χ2n) is 12.7. The summed E-state index contributed by atoms with van der Waals surface area (Å²) in [6, 6.07) is 13.1. The molecule has 0 radical (unpaired) electrons. The highest BCUT2D eigenvalue weighted by Gasteiger charge is 2.40. The van der Waals surface area contributed by atoms with Crippen LogP contribution >= 0.6 is 0 Å². The molecule has 0 N–H and O–H groups in total. The third-order valence-electron chi connectivity index (χ3n) is 9.78. The number of hydrogen-bond donors (Lipinski definition) is 0. The number of cyclic esters (lactones) is 1. The molecule has 2 heterocycles. The van der Waals surface area contributed by atoms with Crippen LogP contribution in [0.25, 0.3) is 0 Å². The molecule has 8 nitrogen and oxygen atoms in total. The van der Waals surface area contributed by atoms with E-state index in [2.05, 4.69) is 0 Å². The van der Waals surface area contributed by atoms with Crippen molar-refractivity contribution in [2.75, 3.05) is 40.6 Å². The number of fused-ring (bicyclic) bond motifs is 3. The molecule has 1 aliphatic carbocycles. The van der Waals surface area contributed by atoms with Crippen LogP contribution in [-0.2, 0) is 25.5 Å². The monoisotopic (exact) mass is 621 g/mol. The van der Waals surface area contributed by atoms with Crippen LogP contribution < -0.4 is 14.2 Å². The Morgan fingerprint density at radius 2 is 1.60 bits per heavy atom. The summed E-state index contributed by atoms with van der Waals surface area (Å²) in [5.41, 5.74) is 1.93. The topological polar surface area (TPSA) is 83.5 Å². The number of amides is 1. The fraction of sp³-hybridized carbons (Fsp3) is 0.622. The van der Waals surface area contributed by atoms with Crippen molar-refractivity contribution in [3.8, 4) is 17.2 Å². The minimum atomic E-state index is -0.553. The number of aryl methyl sites for hydroxylation is 1. The zero-order chi connectivity index (χ0) is 31.4. The van der Waals surface area contributed by atoms with Crippen molar-refractivity contribution >= 4 is 11.9 Å². The summed E-state index contributed by atoms with van der Waals surface area (Å²) >= 11 is 0. The van der Waals surface area contributed by atoms with Gasteiger partial charge in [-0.1, -0.05) is 43.9 Å². The van der Waals surface area contributed by atoms with Gasteiger partial charge in [0.05, 0.1) is 20.8 Å². The normalized spacial score (nSPS) is 24.4. The van der Waals surface area contributed by atoms with Gasteiger partial charge in [0.25, 0.3) is 0 Å². The summed E-state index contributed by atoms with van der Waals surface area (Å²) in [7, 11) is 3.25. The van der Waals surface area contributed by atoms with Gasteiger partial charge in [0.15, 0.2) is 11.5 Å². The number of ether oxygens (including phenoxy) is 5. The molecule has 2 bridgehead atoms. The Kier molecular flexibility index (Phi) is 12.4. The molecule has 0 unspecified atom stereocenters. The third-order valence-corrected chi connectivity index (χ3v) is 9.78. The minimum absolute atomic E-state index is 0.0431. The number of esters is 1. The maximum absolute atomic E-state index is 14.3. The van der Waals surface area contributed by atoms with Crippen LogP contribution in [-0.4, -0.2) is 63.4 Å². The van der Waals surface area contributed by atoms with Crippen molar-refractivity contribution in [3.05, 3.63) is 53.6 Å². The van der Waals surface area contributed by atoms with Crippen LogP contribution in [0.2, 0.25) is 0 Å². The summed E-state index contributed by atoms with van der Waals surface area (Å²) < 4.78 is 29.2. The van der Waals surface area contributed by atoms with E-state index in [0.717, 1.165) is 56.1 Å². The summed E-state index contributed by atoms with van der Waals surface area (Å²) in [6.45, 7) is 2.22. The van der Waals surface area contributed by atoms with E-state index >= 15 is 0 Å².